The molecule has 0 aliphatic rings. The van der Waals surface area contributed by atoms with Crippen LogP contribution in [0.3, 0.4) is 0 Å². The van der Waals surface area contributed by atoms with Gasteiger partial charge in [-0.15, -0.1) is 0 Å². The number of amides is 1. The molecule has 1 atom stereocenters. The third-order valence-electron chi connectivity index (χ3n) is 4.59. The van der Waals surface area contributed by atoms with Crippen molar-refractivity contribution in [3.8, 4) is 11.3 Å². The molecule has 2 N–H and O–H groups in total. The van der Waals surface area contributed by atoms with Crippen LogP contribution < -0.4 is 5.32 Å². The molecule has 27 heavy (non-hydrogen) atoms. The van der Waals surface area contributed by atoms with Gasteiger partial charge < -0.3 is 10.3 Å². The highest BCUT2D eigenvalue weighted by Crippen LogP contribution is 2.25. The topological polar surface area (TPSA) is 70.7 Å². The van der Waals surface area contributed by atoms with E-state index in [-0.39, 0.29) is 11.9 Å². The third kappa shape index (κ3) is 3.44. The van der Waals surface area contributed by atoms with E-state index in [1.165, 1.54) is 5.56 Å². The summed E-state index contributed by atoms with van der Waals surface area (Å²) in [6.45, 7) is 3.95. The average molecular weight is 356 g/mol. The van der Waals surface area contributed by atoms with E-state index in [9.17, 15) is 4.79 Å². The Kier molecular flexibility index (Phi) is 4.42. The van der Waals surface area contributed by atoms with Crippen molar-refractivity contribution in [2.24, 2.45) is 0 Å². The van der Waals surface area contributed by atoms with Crippen molar-refractivity contribution >= 4 is 16.8 Å². The number of aryl methyl sites for hydroxylation is 1. The maximum absolute atomic E-state index is 13.0. The molecule has 4 rings (SSSR count). The number of aromatic amines is 1. The second-order valence-electron chi connectivity index (χ2n) is 6.61. The molecule has 0 bridgehead atoms. The number of H-pyrrole nitrogens is 1. The largest absolute Gasteiger partial charge is 0.347 e. The Morgan fingerprint density at radius 1 is 1.11 bits per heavy atom. The Morgan fingerprint density at radius 2 is 1.89 bits per heavy atom. The maximum atomic E-state index is 13.0. The Morgan fingerprint density at radius 3 is 2.63 bits per heavy atom. The smallest absolute Gasteiger partial charge is 0.252 e. The summed E-state index contributed by atoms with van der Waals surface area (Å²) in [5.41, 5.74) is 4.36. The van der Waals surface area contributed by atoms with Crippen LogP contribution in [0, 0.1) is 6.92 Å². The van der Waals surface area contributed by atoms with Gasteiger partial charge in [0.2, 0.25) is 0 Å². The van der Waals surface area contributed by atoms with Crippen LogP contribution >= 0.6 is 0 Å². The number of hydrogen-bond acceptors (Lipinski definition) is 3. The minimum Gasteiger partial charge on any atom is -0.347 e. The van der Waals surface area contributed by atoms with Gasteiger partial charge >= 0.3 is 0 Å². The van der Waals surface area contributed by atoms with Crippen LogP contribution in [-0.2, 0) is 0 Å². The number of imidazole rings is 1. The Labute approximate surface area is 157 Å². The summed E-state index contributed by atoms with van der Waals surface area (Å²) >= 11 is 0. The predicted molar refractivity (Wildman–Crippen MR) is 106 cm³/mol. The van der Waals surface area contributed by atoms with Gasteiger partial charge in [-0.2, -0.15) is 0 Å². The van der Waals surface area contributed by atoms with E-state index in [2.05, 4.69) is 15.3 Å². The van der Waals surface area contributed by atoms with E-state index in [0.717, 1.165) is 28.0 Å². The van der Waals surface area contributed by atoms with E-state index in [1.807, 2.05) is 68.4 Å². The molecule has 0 fully saturated rings. The lowest BCUT2D eigenvalue weighted by Crippen LogP contribution is -2.27. The molecule has 2 heterocycles. The summed E-state index contributed by atoms with van der Waals surface area (Å²) in [5, 5.41) is 3.85. The van der Waals surface area contributed by atoms with Crippen molar-refractivity contribution in [1.82, 2.24) is 20.3 Å². The molecule has 0 unspecified atom stereocenters. The average Bonchev–Trinajstić information content (AvgIpc) is 3.22. The molecule has 1 amide bonds. The Hall–Kier alpha value is -3.47. The molecule has 0 radical (unpaired) electrons. The van der Waals surface area contributed by atoms with E-state index >= 15 is 0 Å². The first-order valence-corrected chi connectivity index (χ1v) is 8.89. The molecule has 0 saturated heterocycles. The zero-order chi connectivity index (χ0) is 18.8. The maximum Gasteiger partial charge on any atom is 0.252 e. The minimum atomic E-state index is -0.220. The second-order valence-corrected chi connectivity index (χ2v) is 6.61. The molecule has 0 spiro atoms. The van der Waals surface area contributed by atoms with Crippen LogP contribution in [0.15, 0.2) is 67.0 Å². The number of benzene rings is 2. The number of carbonyl (C=O) groups is 1. The van der Waals surface area contributed by atoms with Gasteiger partial charge in [0.05, 0.1) is 22.8 Å². The Bertz CT molecular complexity index is 1090. The molecule has 0 saturated carbocycles. The normalized spacial score (nSPS) is 12.1. The van der Waals surface area contributed by atoms with Gasteiger partial charge in [-0.25, -0.2) is 9.97 Å². The summed E-state index contributed by atoms with van der Waals surface area (Å²) in [7, 11) is 0. The van der Waals surface area contributed by atoms with E-state index in [0.29, 0.717) is 5.56 Å². The van der Waals surface area contributed by atoms with Gasteiger partial charge in [-0.1, -0.05) is 48.0 Å². The van der Waals surface area contributed by atoms with E-state index in [4.69, 9.17) is 4.98 Å². The quantitative estimate of drug-likeness (QED) is 0.568. The van der Waals surface area contributed by atoms with Gasteiger partial charge in [0.15, 0.2) is 0 Å². The standard InChI is InChI=1S/C22H20N4O/c1-14-7-9-16(10-8-14)20-13-18(17-5-3-4-6-19(17)26-20)22(27)25-15(2)21-23-11-12-24-21/h3-13,15H,1-2H3,(H,23,24)(H,25,27)/t15-/m0/s1. The lowest BCUT2D eigenvalue weighted by molar-refractivity contribution is 0.0940. The lowest BCUT2D eigenvalue weighted by Gasteiger charge is -2.14. The van der Waals surface area contributed by atoms with Crippen molar-refractivity contribution in [1.29, 1.82) is 0 Å². The van der Waals surface area contributed by atoms with Crippen molar-refractivity contribution in [3.05, 3.63) is 83.9 Å². The SMILES string of the molecule is Cc1ccc(-c2cc(C(=O)N[C@@H](C)c3ncc[nH]3)c3ccccc3n2)cc1. The number of para-hydroxylation sites is 1. The van der Waals surface area contributed by atoms with Gasteiger partial charge in [0, 0.05) is 23.3 Å². The molecule has 5 nitrogen and oxygen atoms in total. The van der Waals surface area contributed by atoms with Crippen molar-refractivity contribution in [2.75, 3.05) is 0 Å². The number of carbonyl (C=O) groups excluding carboxylic acids is 1. The highest BCUT2D eigenvalue weighted by molar-refractivity contribution is 6.07. The third-order valence-corrected chi connectivity index (χ3v) is 4.59. The number of nitrogens with one attached hydrogen (secondary N) is 2. The number of hydrogen-bond donors (Lipinski definition) is 2. The summed E-state index contributed by atoms with van der Waals surface area (Å²) in [6.07, 6.45) is 3.42. The van der Waals surface area contributed by atoms with Gasteiger partial charge in [-0.3, -0.25) is 4.79 Å². The molecular formula is C22H20N4O. The van der Waals surface area contributed by atoms with E-state index < -0.39 is 0 Å². The number of aromatic nitrogens is 3. The zero-order valence-corrected chi connectivity index (χ0v) is 15.2. The van der Waals surface area contributed by atoms with Crippen LogP contribution in [0.4, 0.5) is 0 Å². The highest BCUT2D eigenvalue weighted by atomic mass is 16.1. The van der Waals surface area contributed by atoms with Crippen LogP contribution in [0.25, 0.3) is 22.2 Å². The van der Waals surface area contributed by atoms with Crippen molar-refractivity contribution < 1.29 is 4.79 Å². The molecule has 134 valence electrons. The molecule has 5 heteroatoms. The fraction of sp³-hybridized carbons (Fsp3) is 0.136. The molecular weight excluding hydrogens is 336 g/mol. The predicted octanol–water partition coefficient (Wildman–Crippen LogP) is 4.42. The summed E-state index contributed by atoms with van der Waals surface area (Å²) in [4.78, 5) is 25.0. The van der Waals surface area contributed by atoms with Crippen LogP contribution in [-0.4, -0.2) is 20.9 Å². The number of fused-ring (bicyclic) bond motifs is 1. The number of nitrogens with zero attached hydrogens (tertiary/aromatic N) is 2. The first kappa shape index (κ1) is 17.0. The molecule has 2 aromatic heterocycles. The van der Waals surface area contributed by atoms with Crippen LogP contribution in [0.5, 0.6) is 0 Å². The summed E-state index contributed by atoms with van der Waals surface area (Å²) in [5.74, 6) is 0.575. The summed E-state index contributed by atoms with van der Waals surface area (Å²) < 4.78 is 0. The van der Waals surface area contributed by atoms with Crippen molar-refractivity contribution in [3.63, 3.8) is 0 Å². The highest BCUT2D eigenvalue weighted by Gasteiger charge is 2.17. The number of rotatable bonds is 4. The molecule has 2 aromatic carbocycles. The number of pyridine rings is 1. The zero-order valence-electron chi connectivity index (χ0n) is 15.2. The second kappa shape index (κ2) is 7.03. The van der Waals surface area contributed by atoms with Crippen LogP contribution in [0.1, 0.15) is 34.7 Å². The summed E-state index contributed by atoms with van der Waals surface area (Å²) in [6, 6.07) is 17.5. The van der Waals surface area contributed by atoms with Crippen molar-refractivity contribution in [2.45, 2.75) is 19.9 Å². The van der Waals surface area contributed by atoms with E-state index in [1.54, 1.807) is 12.4 Å². The lowest BCUT2D eigenvalue weighted by atomic mass is 10.0. The van der Waals surface area contributed by atoms with Gasteiger partial charge in [0.1, 0.15) is 5.82 Å². The van der Waals surface area contributed by atoms with Gasteiger partial charge in [0.25, 0.3) is 5.91 Å². The van der Waals surface area contributed by atoms with Crippen LogP contribution in [0.2, 0.25) is 0 Å². The monoisotopic (exact) mass is 356 g/mol. The Balaban J connectivity index is 1.76. The molecule has 4 aromatic rings. The first-order chi connectivity index (χ1) is 13.1. The molecule has 0 aliphatic carbocycles. The molecule has 0 aliphatic heterocycles. The fourth-order valence-electron chi connectivity index (χ4n) is 3.09. The minimum absolute atomic E-state index is 0.147. The fourth-order valence-corrected chi connectivity index (χ4v) is 3.09. The van der Waals surface area contributed by atoms with Gasteiger partial charge in [-0.05, 0) is 26.0 Å². The first-order valence-electron chi connectivity index (χ1n) is 8.89.